The Balaban J connectivity index is 0.00000200. The van der Waals surface area contributed by atoms with Crippen LogP contribution in [0.25, 0.3) is 0 Å². The number of carbonyl (C=O) groups excluding carboxylic acids is 1. The molecule has 1 amide bonds. The standard InChI is InChI=1S/C12H12F4N2O.ClH/c13-7-4-8(14)11(16)9(10(7)15)12(19)18-6-2-1-3-17-5-6;/h4,6,17H,1-3,5H2,(H,18,19);1H/t6-;/m0./s1. The number of halogens is 5. The van der Waals surface area contributed by atoms with Gasteiger partial charge in [0.05, 0.1) is 0 Å². The third-order valence-electron chi connectivity index (χ3n) is 2.97. The van der Waals surface area contributed by atoms with Crippen LogP contribution in [0.4, 0.5) is 17.6 Å². The number of carbonyl (C=O) groups is 1. The van der Waals surface area contributed by atoms with Crippen molar-refractivity contribution in [2.75, 3.05) is 13.1 Å². The van der Waals surface area contributed by atoms with E-state index in [1.807, 2.05) is 0 Å². The van der Waals surface area contributed by atoms with E-state index in [0.29, 0.717) is 13.0 Å². The van der Waals surface area contributed by atoms with E-state index >= 15 is 0 Å². The smallest absolute Gasteiger partial charge is 0.257 e. The summed E-state index contributed by atoms with van der Waals surface area (Å²) in [5.74, 6) is -7.70. The summed E-state index contributed by atoms with van der Waals surface area (Å²) >= 11 is 0. The fraction of sp³-hybridized carbons (Fsp3) is 0.417. The van der Waals surface area contributed by atoms with Gasteiger partial charge in [0.1, 0.15) is 5.56 Å². The number of nitrogens with one attached hydrogen (secondary N) is 2. The molecule has 1 aromatic rings. The maximum absolute atomic E-state index is 13.4. The summed E-state index contributed by atoms with van der Waals surface area (Å²) < 4.78 is 52.7. The lowest BCUT2D eigenvalue weighted by Gasteiger charge is -2.24. The van der Waals surface area contributed by atoms with Crippen LogP contribution in [0.15, 0.2) is 6.07 Å². The summed E-state index contributed by atoms with van der Waals surface area (Å²) in [4.78, 5) is 11.7. The summed E-state index contributed by atoms with van der Waals surface area (Å²) in [5, 5.41) is 5.35. The zero-order valence-electron chi connectivity index (χ0n) is 10.3. The first-order valence-corrected chi connectivity index (χ1v) is 5.85. The highest BCUT2D eigenvalue weighted by atomic mass is 35.5. The molecule has 1 aliphatic heterocycles. The first-order chi connectivity index (χ1) is 9.00. The van der Waals surface area contributed by atoms with Crippen molar-refractivity contribution in [3.8, 4) is 0 Å². The van der Waals surface area contributed by atoms with Crippen molar-refractivity contribution in [1.29, 1.82) is 0 Å². The normalized spacial score (nSPS) is 18.3. The van der Waals surface area contributed by atoms with E-state index in [9.17, 15) is 22.4 Å². The van der Waals surface area contributed by atoms with Crippen LogP contribution in [0.3, 0.4) is 0 Å². The summed E-state index contributed by atoms with van der Waals surface area (Å²) in [6.07, 6.45) is 1.44. The average Bonchev–Trinajstić information content (AvgIpc) is 2.38. The van der Waals surface area contributed by atoms with Gasteiger partial charge in [0.25, 0.3) is 5.91 Å². The molecular formula is C12H13ClF4N2O. The second-order valence-electron chi connectivity index (χ2n) is 4.36. The van der Waals surface area contributed by atoms with E-state index in [-0.39, 0.29) is 24.5 Å². The van der Waals surface area contributed by atoms with Gasteiger partial charge in [0.15, 0.2) is 23.3 Å². The van der Waals surface area contributed by atoms with E-state index in [2.05, 4.69) is 10.6 Å². The van der Waals surface area contributed by atoms with Crippen molar-refractivity contribution in [3.63, 3.8) is 0 Å². The highest BCUT2D eigenvalue weighted by Gasteiger charge is 2.26. The van der Waals surface area contributed by atoms with Gasteiger partial charge in [-0.25, -0.2) is 17.6 Å². The Morgan fingerprint density at radius 2 is 1.80 bits per heavy atom. The monoisotopic (exact) mass is 312 g/mol. The van der Waals surface area contributed by atoms with Gasteiger partial charge in [-0.3, -0.25) is 4.79 Å². The number of amides is 1. The largest absolute Gasteiger partial charge is 0.348 e. The topological polar surface area (TPSA) is 41.1 Å². The molecule has 1 saturated heterocycles. The zero-order valence-corrected chi connectivity index (χ0v) is 11.1. The molecule has 112 valence electrons. The van der Waals surface area contributed by atoms with Crippen LogP contribution >= 0.6 is 12.4 Å². The quantitative estimate of drug-likeness (QED) is 0.649. The van der Waals surface area contributed by atoms with Crippen LogP contribution < -0.4 is 10.6 Å². The number of hydrogen-bond acceptors (Lipinski definition) is 2. The molecule has 0 aromatic heterocycles. The van der Waals surface area contributed by atoms with Crippen molar-refractivity contribution in [3.05, 3.63) is 34.9 Å². The zero-order chi connectivity index (χ0) is 14.0. The first-order valence-electron chi connectivity index (χ1n) is 5.85. The molecule has 0 unspecified atom stereocenters. The number of benzene rings is 1. The molecule has 3 nitrogen and oxygen atoms in total. The van der Waals surface area contributed by atoms with Gasteiger partial charge in [0.2, 0.25) is 0 Å². The highest BCUT2D eigenvalue weighted by molar-refractivity contribution is 5.95. The van der Waals surface area contributed by atoms with Crippen molar-refractivity contribution < 1.29 is 22.4 Å². The lowest BCUT2D eigenvalue weighted by Crippen LogP contribution is -2.46. The van der Waals surface area contributed by atoms with Crippen molar-refractivity contribution in [1.82, 2.24) is 10.6 Å². The summed E-state index contributed by atoms with van der Waals surface area (Å²) in [5.41, 5.74) is -1.22. The maximum atomic E-state index is 13.4. The molecule has 8 heteroatoms. The van der Waals surface area contributed by atoms with Gasteiger partial charge >= 0.3 is 0 Å². The van der Waals surface area contributed by atoms with E-state index in [0.717, 1.165) is 13.0 Å². The third kappa shape index (κ3) is 3.40. The highest BCUT2D eigenvalue weighted by Crippen LogP contribution is 2.19. The minimum atomic E-state index is -1.68. The van der Waals surface area contributed by atoms with E-state index in [1.54, 1.807) is 0 Å². The van der Waals surface area contributed by atoms with Crippen LogP contribution in [0.2, 0.25) is 0 Å². The van der Waals surface area contributed by atoms with Gasteiger partial charge in [0, 0.05) is 18.7 Å². The number of hydrogen-bond donors (Lipinski definition) is 2. The summed E-state index contributed by atoms with van der Waals surface area (Å²) in [7, 11) is 0. The fourth-order valence-electron chi connectivity index (χ4n) is 2.01. The molecule has 0 aliphatic carbocycles. The van der Waals surface area contributed by atoms with Gasteiger partial charge in [-0.05, 0) is 19.4 Å². The van der Waals surface area contributed by atoms with Gasteiger partial charge in [-0.15, -0.1) is 12.4 Å². The van der Waals surface area contributed by atoms with Crippen molar-refractivity contribution in [2.45, 2.75) is 18.9 Å². The Morgan fingerprint density at radius 1 is 1.20 bits per heavy atom. The lowest BCUT2D eigenvalue weighted by molar-refractivity contribution is 0.0919. The molecule has 20 heavy (non-hydrogen) atoms. The van der Waals surface area contributed by atoms with Crippen LogP contribution in [0.5, 0.6) is 0 Å². The Morgan fingerprint density at radius 3 is 2.30 bits per heavy atom. The number of piperidine rings is 1. The first kappa shape index (κ1) is 16.7. The van der Waals surface area contributed by atoms with E-state index in [4.69, 9.17) is 0 Å². The molecule has 1 fully saturated rings. The SMILES string of the molecule is Cl.O=C(N[C@H]1CCCNC1)c1c(F)c(F)cc(F)c1F. The molecule has 1 aliphatic rings. The molecule has 2 rings (SSSR count). The van der Waals surface area contributed by atoms with Crippen molar-refractivity contribution in [2.24, 2.45) is 0 Å². The van der Waals surface area contributed by atoms with Crippen LogP contribution in [0.1, 0.15) is 23.2 Å². The minimum absolute atomic E-state index is 0. The molecule has 1 atom stereocenters. The molecule has 1 aromatic carbocycles. The Kier molecular flexibility index (Phi) is 5.76. The Labute approximate surface area is 119 Å². The predicted octanol–water partition coefficient (Wildman–Crippen LogP) is 2.15. The lowest BCUT2D eigenvalue weighted by atomic mass is 10.1. The van der Waals surface area contributed by atoms with Crippen LogP contribution in [0, 0.1) is 23.3 Å². The summed E-state index contributed by atoms with van der Waals surface area (Å²) in [6.45, 7) is 1.25. The van der Waals surface area contributed by atoms with Crippen LogP contribution in [-0.4, -0.2) is 25.0 Å². The molecule has 0 radical (unpaired) electrons. The fourth-order valence-corrected chi connectivity index (χ4v) is 2.01. The Bertz CT molecular complexity index is 480. The molecule has 0 spiro atoms. The van der Waals surface area contributed by atoms with Gasteiger partial charge < -0.3 is 10.6 Å². The van der Waals surface area contributed by atoms with Crippen molar-refractivity contribution >= 4 is 18.3 Å². The third-order valence-corrected chi connectivity index (χ3v) is 2.97. The molecule has 2 N–H and O–H groups in total. The molecule has 1 heterocycles. The van der Waals surface area contributed by atoms with E-state index < -0.39 is 34.7 Å². The molecule has 0 saturated carbocycles. The Hall–Kier alpha value is -1.34. The molecular weight excluding hydrogens is 300 g/mol. The van der Waals surface area contributed by atoms with Crippen LogP contribution in [-0.2, 0) is 0 Å². The minimum Gasteiger partial charge on any atom is -0.348 e. The van der Waals surface area contributed by atoms with Gasteiger partial charge in [-0.1, -0.05) is 0 Å². The summed E-state index contributed by atoms with van der Waals surface area (Å²) in [6, 6.07) is -0.241. The van der Waals surface area contributed by atoms with E-state index in [1.165, 1.54) is 0 Å². The second kappa shape index (κ2) is 6.90. The average molecular weight is 313 g/mol. The second-order valence-corrected chi connectivity index (χ2v) is 4.36. The maximum Gasteiger partial charge on any atom is 0.257 e. The predicted molar refractivity (Wildman–Crippen MR) is 66.9 cm³/mol. The molecule has 0 bridgehead atoms. The number of rotatable bonds is 2. The van der Waals surface area contributed by atoms with Gasteiger partial charge in [-0.2, -0.15) is 0 Å².